The minimum Gasteiger partial charge on any atom is -0.352 e. The molecule has 0 radical (unpaired) electrons. The average Bonchev–Trinajstić information content (AvgIpc) is 3.05. The van der Waals surface area contributed by atoms with Crippen LogP contribution in [0.3, 0.4) is 0 Å². The minimum atomic E-state index is -0.124. The molecule has 0 saturated heterocycles. The third-order valence-electron chi connectivity index (χ3n) is 3.51. The quantitative estimate of drug-likeness (QED) is 0.725. The number of nitrogens with zero attached hydrogens (tertiary/aromatic N) is 2. The zero-order valence-corrected chi connectivity index (χ0v) is 14.7. The maximum atomic E-state index is 12.0. The Hall–Kier alpha value is -2.47. The van der Waals surface area contributed by atoms with Crippen molar-refractivity contribution in [3.05, 3.63) is 70.0 Å². The van der Waals surface area contributed by atoms with E-state index in [1.54, 1.807) is 12.1 Å². The van der Waals surface area contributed by atoms with Crippen LogP contribution < -0.4 is 5.32 Å². The van der Waals surface area contributed by atoms with Gasteiger partial charge >= 0.3 is 0 Å². The molecule has 3 aromatic rings. The highest BCUT2D eigenvalue weighted by atomic mass is 79.9. The number of nitrogens with one attached hydrogen (secondary N) is 1. The van der Waals surface area contributed by atoms with Crippen LogP contribution in [0.15, 0.2) is 57.5 Å². The summed E-state index contributed by atoms with van der Waals surface area (Å²) in [5.74, 6) is 0.937. The molecule has 5 nitrogen and oxygen atoms in total. The van der Waals surface area contributed by atoms with Crippen LogP contribution in [0.5, 0.6) is 0 Å². The van der Waals surface area contributed by atoms with Gasteiger partial charge in [-0.05, 0) is 31.2 Å². The summed E-state index contributed by atoms with van der Waals surface area (Å²) < 4.78 is 6.17. The Labute approximate surface area is 148 Å². The Morgan fingerprint density at radius 3 is 2.54 bits per heavy atom. The van der Waals surface area contributed by atoms with Gasteiger partial charge in [-0.1, -0.05) is 50.9 Å². The van der Waals surface area contributed by atoms with Crippen molar-refractivity contribution in [2.24, 2.45) is 0 Å². The van der Waals surface area contributed by atoms with E-state index < -0.39 is 0 Å². The summed E-state index contributed by atoms with van der Waals surface area (Å²) in [6.07, 6.45) is 0.487. The van der Waals surface area contributed by atoms with E-state index in [0.717, 1.165) is 10.0 Å². The summed E-state index contributed by atoms with van der Waals surface area (Å²) in [7, 11) is 0. The van der Waals surface area contributed by atoms with Gasteiger partial charge in [0.2, 0.25) is 11.7 Å². The van der Waals surface area contributed by atoms with Crippen LogP contribution in [0.4, 0.5) is 0 Å². The molecule has 0 spiro atoms. The Balaban J connectivity index is 1.55. The topological polar surface area (TPSA) is 68.0 Å². The van der Waals surface area contributed by atoms with Crippen molar-refractivity contribution >= 4 is 21.8 Å². The molecule has 0 saturated carbocycles. The molecule has 6 heteroatoms. The van der Waals surface area contributed by atoms with Crippen molar-refractivity contribution in [3.63, 3.8) is 0 Å². The second kappa shape index (κ2) is 7.40. The maximum Gasteiger partial charge on any atom is 0.251 e. The Kier molecular flexibility index (Phi) is 5.05. The van der Waals surface area contributed by atoms with Gasteiger partial charge in [-0.2, -0.15) is 4.98 Å². The molecule has 0 bridgehead atoms. The van der Waals surface area contributed by atoms with Gasteiger partial charge in [0.15, 0.2) is 0 Å². The van der Waals surface area contributed by atoms with E-state index in [1.165, 1.54) is 5.56 Å². The van der Waals surface area contributed by atoms with E-state index in [2.05, 4.69) is 31.4 Å². The second-order valence-corrected chi connectivity index (χ2v) is 6.31. The summed E-state index contributed by atoms with van der Waals surface area (Å²) in [6.45, 7) is 2.46. The molecule has 1 N–H and O–H groups in total. The zero-order valence-electron chi connectivity index (χ0n) is 13.1. The highest BCUT2D eigenvalue weighted by molar-refractivity contribution is 9.10. The third kappa shape index (κ3) is 4.08. The van der Waals surface area contributed by atoms with Gasteiger partial charge in [0.05, 0.1) is 0 Å². The fraction of sp³-hybridized carbons (Fsp3) is 0.167. The van der Waals surface area contributed by atoms with Gasteiger partial charge in [0, 0.05) is 28.6 Å². The van der Waals surface area contributed by atoms with Crippen molar-refractivity contribution < 1.29 is 9.32 Å². The number of carbonyl (C=O) groups excluding carboxylic acids is 1. The predicted molar refractivity (Wildman–Crippen MR) is 94.7 cm³/mol. The molecule has 0 aliphatic carbocycles. The van der Waals surface area contributed by atoms with Crippen molar-refractivity contribution in [2.45, 2.75) is 13.3 Å². The zero-order chi connectivity index (χ0) is 16.9. The maximum absolute atomic E-state index is 12.0. The third-order valence-corrected chi connectivity index (χ3v) is 4.04. The van der Waals surface area contributed by atoms with Gasteiger partial charge in [-0.25, -0.2) is 0 Å². The number of hydrogen-bond acceptors (Lipinski definition) is 4. The van der Waals surface area contributed by atoms with E-state index in [0.29, 0.717) is 30.2 Å². The number of benzene rings is 2. The van der Waals surface area contributed by atoms with Crippen LogP contribution in [0.1, 0.15) is 21.8 Å². The summed E-state index contributed by atoms with van der Waals surface area (Å²) >= 11 is 3.34. The largest absolute Gasteiger partial charge is 0.352 e. The van der Waals surface area contributed by atoms with Crippen LogP contribution in [-0.2, 0) is 6.42 Å². The SMILES string of the molecule is Cc1ccc(-c2noc(CCNC(=O)c3ccc(Br)cc3)n2)cc1. The van der Waals surface area contributed by atoms with Gasteiger partial charge in [-0.3, -0.25) is 4.79 Å². The first-order valence-corrected chi connectivity index (χ1v) is 8.34. The molecule has 122 valence electrons. The molecule has 0 aliphatic rings. The molecule has 0 aliphatic heterocycles. The van der Waals surface area contributed by atoms with E-state index in [4.69, 9.17) is 4.52 Å². The van der Waals surface area contributed by atoms with Crippen molar-refractivity contribution in [2.75, 3.05) is 6.54 Å². The molecule has 3 rings (SSSR count). The number of aromatic nitrogens is 2. The van der Waals surface area contributed by atoms with Crippen LogP contribution >= 0.6 is 15.9 Å². The van der Waals surface area contributed by atoms with E-state index >= 15 is 0 Å². The molecule has 1 aromatic heterocycles. The fourth-order valence-corrected chi connectivity index (χ4v) is 2.43. The number of halogens is 1. The van der Waals surface area contributed by atoms with Crippen LogP contribution in [0, 0.1) is 6.92 Å². The highest BCUT2D eigenvalue weighted by Gasteiger charge is 2.09. The number of carbonyl (C=O) groups is 1. The minimum absolute atomic E-state index is 0.124. The summed E-state index contributed by atoms with van der Waals surface area (Å²) in [5.41, 5.74) is 2.71. The summed E-state index contributed by atoms with van der Waals surface area (Å²) in [4.78, 5) is 16.4. The Morgan fingerprint density at radius 1 is 1.12 bits per heavy atom. The van der Waals surface area contributed by atoms with Crippen LogP contribution in [-0.4, -0.2) is 22.6 Å². The number of rotatable bonds is 5. The molecule has 0 fully saturated rings. The van der Waals surface area contributed by atoms with Crippen molar-refractivity contribution in [1.82, 2.24) is 15.5 Å². The lowest BCUT2D eigenvalue weighted by molar-refractivity contribution is 0.0953. The normalized spacial score (nSPS) is 10.6. The number of amides is 1. The summed E-state index contributed by atoms with van der Waals surface area (Å²) in [6, 6.07) is 15.1. The smallest absolute Gasteiger partial charge is 0.251 e. The molecule has 1 amide bonds. The molecule has 0 atom stereocenters. The van der Waals surface area contributed by atoms with E-state index in [9.17, 15) is 4.79 Å². The lowest BCUT2D eigenvalue weighted by Gasteiger charge is -2.03. The molecule has 24 heavy (non-hydrogen) atoms. The highest BCUT2D eigenvalue weighted by Crippen LogP contribution is 2.16. The van der Waals surface area contributed by atoms with Gasteiger partial charge in [0.25, 0.3) is 5.91 Å². The molecule has 2 aromatic carbocycles. The lowest BCUT2D eigenvalue weighted by atomic mass is 10.1. The molecule has 0 unspecified atom stereocenters. The lowest BCUT2D eigenvalue weighted by Crippen LogP contribution is -2.25. The second-order valence-electron chi connectivity index (χ2n) is 5.39. The van der Waals surface area contributed by atoms with Crippen molar-refractivity contribution in [3.8, 4) is 11.4 Å². The van der Waals surface area contributed by atoms with Crippen LogP contribution in [0.25, 0.3) is 11.4 Å². The number of hydrogen-bond donors (Lipinski definition) is 1. The Morgan fingerprint density at radius 2 is 1.83 bits per heavy atom. The molecular formula is C18H16BrN3O2. The average molecular weight is 386 g/mol. The van der Waals surface area contributed by atoms with Gasteiger partial charge in [0.1, 0.15) is 0 Å². The number of aryl methyl sites for hydroxylation is 1. The fourth-order valence-electron chi connectivity index (χ4n) is 2.16. The standard InChI is InChI=1S/C18H16BrN3O2/c1-12-2-4-13(5-3-12)17-21-16(24-22-17)10-11-20-18(23)14-6-8-15(19)9-7-14/h2-9H,10-11H2,1H3,(H,20,23). The predicted octanol–water partition coefficient (Wildman–Crippen LogP) is 3.78. The monoisotopic (exact) mass is 385 g/mol. The molecular weight excluding hydrogens is 370 g/mol. The van der Waals surface area contributed by atoms with Crippen LogP contribution in [0.2, 0.25) is 0 Å². The van der Waals surface area contributed by atoms with E-state index in [1.807, 2.05) is 43.3 Å². The Bertz CT molecular complexity index is 826. The van der Waals surface area contributed by atoms with Gasteiger partial charge in [-0.15, -0.1) is 0 Å². The van der Waals surface area contributed by atoms with Crippen molar-refractivity contribution in [1.29, 1.82) is 0 Å². The molecule has 1 heterocycles. The van der Waals surface area contributed by atoms with E-state index in [-0.39, 0.29) is 5.91 Å². The first kappa shape index (κ1) is 16.4. The first-order chi connectivity index (χ1) is 11.6. The van der Waals surface area contributed by atoms with Gasteiger partial charge < -0.3 is 9.84 Å². The first-order valence-electron chi connectivity index (χ1n) is 7.55. The summed E-state index contributed by atoms with van der Waals surface area (Å²) in [5, 5.41) is 6.82.